The van der Waals surface area contributed by atoms with Gasteiger partial charge in [0.2, 0.25) is 5.91 Å². The zero-order chi connectivity index (χ0) is 15.1. The quantitative estimate of drug-likeness (QED) is 0.266. The minimum atomic E-state index is 0. The Balaban J connectivity index is 0.00000242. The lowest BCUT2D eigenvalue weighted by Crippen LogP contribution is -2.37. The van der Waals surface area contributed by atoms with E-state index in [4.69, 9.17) is 0 Å². The average Bonchev–Trinajstić information content (AvgIpc) is 3.19. The van der Waals surface area contributed by atoms with Crippen molar-refractivity contribution in [1.29, 1.82) is 0 Å². The van der Waals surface area contributed by atoms with E-state index in [0.29, 0.717) is 12.5 Å². The predicted molar refractivity (Wildman–Crippen MR) is 103 cm³/mol. The maximum atomic E-state index is 11.5. The van der Waals surface area contributed by atoms with Crippen LogP contribution in [0.1, 0.15) is 36.1 Å². The van der Waals surface area contributed by atoms with E-state index in [1.807, 2.05) is 0 Å². The van der Waals surface area contributed by atoms with Crippen molar-refractivity contribution in [3.05, 3.63) is 21.9 Å². The Bertz CT molecular complexity index is 499. The molecule has 0 saturated heterocycles. The third-order valence-corrected chi connectivity index (χ3v) is 4.45. The van der Waals surface area contributed by atoms with Crippen LogP contribution < -0.4 is 16.0 Å². The molecule has 1 fully saturated rings. The maximum absolute atomic E-state index is 11.5. The number of amides is 1. The van der Waals surface area contributed by atoms with Crippen LogP contribution in [0.15, 0.2) is 16.4 Å². The van der Waals surface area contributed by atoms with Crippen LogP contribution in [0.2, 0.25) is 0 Å². The summed E-state index contributed by atoms with van der Waals surface area (Å²) in [5.74, 6) is 0.946. The Hall–Kier alpha value is -0.830. The van der Waals surface area contributed by atoms with Crippen LogP contribution >= 0.6 is 35.3 Å². The molecular weight excluding hydrogens is 411 g/mol. The first-order chi connectivity index (χ1) is 10.2. The number of aliphatic imine (C=N–C) groups is 1. The normalized spacial score (nSPS) is 14.2. The molecule has 0 bridgehead atoms. The largest absolute Gasteiger partial charge is 0.356 e. The van der Waals surface area contributed by atoms with Gasteiger partial charge in [0.15, 0.2) is 5.96 Å². The first-order valence-corrected chi connectivity index (χ1v) is 8.34. The van der Waals surface area contributed by atoms with E-state index < -0.39 is 0 Å². The van der Waals surface area contributed by atoms with Crippen LogP contribution in [0.3, 0.4) is 0 Å². The molecule has 0 spiro atoms. The van der Waals surface area contributed by atoms with E-state index >= 15 is 0 Å². The minimum Gasteiger partial charge on any atom is -0.356 e. The number of guanidine groups is 1. The van der Waals surface area contributed by atoms with Gasteiger partial charge in [-0.2, -0.15) is 0 Å². The van der Waals surface area contributed by atoms with E-state index in [1.165, 1.54) is 10.4 Å². The second-order valence-electron chi connectivity index (χ2n) is 5.32. The number of rotatable bonds is 7. The fourth-order valence-corrected chi connectivity index (χ4v) is 2.80. The summed E-state index contributed by atoms with van der Waals surface area (Å²) in [6.45, 7) is 3.65. The summed E-state index contributed by atoms with van der Waals surface area (Å²) in [5, 5.41) is 11.6. The minimum absolute atomic E-state index is 0. The van der Waals surface area contributed by atoms with Crippen LogP contribution in [0, 0.1) is 6.92 Å². The third-order valence-electron chi connectivity index (χ3n) is 3.42. The third kappa shape index (κ3) is 6.95. The van der Waals surface area contributed by atoms with E-state index in [-0.39, 0.29) is 29.9 Å². The number of nitrogens with zero attached hydrogens (tertiary/aromatic N) is 1. The summed E-state index contributed by atoms with van der Waals surface area (Å²) >= 11 is 1.75. The van der Waals surface area contributed by atoms with E-state index in [2.05, 4.69) is 39.3 Å². The second kappa shape index (κ2) is 10.0. The van der Waals surface area contributed by atoms with E-state index in [0.717, 1.165) is 38.3 Å². The number of hydrogen-bond donors (Lipinski definition) is 3. The number of aryl methyl sites for hydroxylation is 1. The molecular formula is C15H25IN4OS. The molecule has 1 saturated carbocycles. The fraction of sp³-hybridized carbons (Fsp3) is 0.600. The van der Waals surface area contributed by atoms with Gasteiger partial charge in [0.1, 0.15) is 0 Å². The number of carbonyl (C=O) groups is 1. The Morgan fingerprint density at radius 2 is 2.18 bits per heavy atom. The van der Waals surface area contributed by atoms with Crippen LogP contribution in [0.4, 0.5) is 0 Å². The SMILES string of the molecule is CN=C(NCCCC(=O)NC1CC1)NCc1sccc1C.I. The van der Waals surface area contributed by atoms with Crippen molar-refractivity contribution in [2.75, 3.05) is 13.6 Å². The number of halogens is 1. The smallest absolute Gasteiger partial charge is 0.220 e. The van der Waals surface area contributed by atoms with Gasteiger partial charge in [0.05, 0.1) is 6.54 Å². The first-order valence-electron chi connectivity index (χ1n) is 7.46. The molecule has 0 aromatic carbocycles. The number of hydrogen-bond acceptors (Lipinski definition) is 3. The Labute approximate surface area is 153 Å². The molecule has 22 heavy (non-hydrogen) atoms. The summed E-state index contributed by atoms with van der Waals surface area (Å²) < 4.78 is 0. The van der Waals surface area contributed by atoms with Crippen molar-refractivity contribution in [3.63, 3.8) is 0 Å². The Morgan fingerprint density at radius 1 is 1.41 bits per heavy atom. The number of thiophene rings is 1. The summed E-state index contributed by atoms with van der Waals surface area (Å²) in [6.07, 6.45) is 3.67. The molecule has 0 aliphatic heterocycles. The first kappa shape index (κ1) is 19.2. The zero-order valence-corrected chi connectivity index (χ0v) is 16.3. The molecule has 0 atom stereocenters. The molecule has 1 aliphatic carbocycles. The van der Waals surface area contributed by atoms with Crippen LogP contribution in [-0.4, -0.2) is 31.5 Å². The van der Waals surface area contributed by atoms with Gasteiger partial charge in [-0.1, -0.05) is 0 Å². The van der Waals surface area contributed by atoms with Gasteiger partial charge >= 0.3 is 0 Å². The van der Waals surface area contributed by atoms with Crippen molar-refractivity contribution < 1.29 is 4.79 Å². The summed E-state index contributed by atoms with van der Waals surface area (Å²) in [7, 11) is 1.76. The molecule has 0 unspecified atom stereocenters. The van der Waals surface area contributed by atoms with E-state index in [1.54, 1.807) is 18.4 Å². The lowest BCUT2D eigenvalue weighted by Gasteiger charge is -2.11. The molecule has 1 aliphatic rings. The van der Waals surface area contributed by atoms with Crippen molar-refractivity contribution in [2.45, 2.75) is 45.2 Å². The highest BCUT2D eigenvalue weighted by Gasteiger charge is 2.22. The molecule has 1 aromatic rings. The van der Waals surface area contributed by atoms with Crippen molar-refractivity contribution in [2.24, 2.45) is 4.99 Å². The van der Waals surface area contributed by atoms with Crippen molar-refractivity contribution in [1.82, 2.24) is 16.0 Å². The van der Waals surface area contributed by atoms with Gasteiger partial charge in [-0.3, -0.25) is 9.79 Å². The predicted octanol–water partition coefficient (Wildman–Crippen LogP) is 2.40. The highest BCUT2D eigenvalue weighted by Crippen LogP contribution is 2.18. The molecule has 1 amide bonds. The van der Waals surface area contributed by atoms with Crippen LogP contribution in [0.25, 0.3) is 0 Å². The van der Waals surface area contributed by atoms with Crippen molar-refractivity contribution in [3.8, 4) is 0 Å². The molecule has 2 rings (SSSR count). The summed E-state index contributed by atoms with van der Waals surface area (Å²) in [6, 6.07) is 2.57. The highest BCUT2D eigenvalue weighted by molar-refractivity contribution is 14.0. The summed E-state index contributed by atoms with van der Waals surface area (Å²) in [5.41, 5.74) is 1.31. The molecule has 1 aromatic heterocycles. The Kier molecular flexibility index (Phi) is 8.77. The molecule has 0 radical (unpaired) electrons. The standard InChI is InChI=1S/C15H24N4OS.HI/c1-11-7-9-21-13(11)10-18-15(16-2)17-8-3-4-14(20)19-12-5-6-12;/h7,9,12H,3-6,8,10H2,1-2H3,(H,19,20)(H2,16,17,18);1H. The highest BCUT2D eigenvalue weighted by atomic mass is 127. The Morgan fingerprint density at radius 3 is 2.77 bits per heavy atom. The fourth-order valence-electron chi connectivity index (χ4n) is 1.95. The van der Waals surface area contributed by atoms with Gasteiger partial charge in [-0.25, -0.2) is 0 Å². The molecule has 5 nitrogen and oxygen atoms in total. The molecule has 124 valence electrons. The molecule has 7 heteroatoms. The van der Waals surface area contributed by atoms with Gasteiger partial charge in [0, 0.05) is 30.9 Å². The zero-order valence-electron chi connectivity index (χ0n) is 13.1. The maximum Gasteiger partial charge on any atom is 0.220 e. The van der Waals surface area contributed by atoms with Crippen LogP contribution in [-0.2, 0) is 11.3 Å². The second-order valence-corrected chi connectivity index (χ2v) is 6.33. The average molecular weight is 436 g/mol. The summed E-state index contributed by atoms with van der Waals surface area (Å²) in [4.78, 5) is 17.1. The number of nitrogens with one attached hydrogen (secondary N) is 3. The van der Waals surface area contributed by atoms with Crippen molar-refractivity contribution >= 4 is 47.2 Å². The van der Waals surface area contributed by atoms with Gasteiger partial charge in [-0.05, 0) is 43.2 Å². The number of carbonyl (C=O) groups excluding carboxylic acids is 1. The topological polar surface area (TPSA) is 65.5 Å². The van der Waals surface area contributed by atoms with E-state index in [9.17, 15) is 4.79 Å². The van der Waals surface area contributed by atoms with Gasteiger partial charge in [0.25, 0.3) is 0 Å². The van der Waals surface area contributed by atoms with Gasteiger partial charge in [-0.15, -0.1) is 35.3 Å². The lowest BCUT2D eigenvalue weighted by molar-refractivity contribution is -0.121. The molecule has 1 heterocycles. The molecule has 3 N–H and O–H groups in total. The lowest BCUT2D eigenvalue weighted by atomic mass is 10.3. The van der Waals surface area contributed by atoms with Crippen LogP contribution in [0.5, 0.6) is 0 Å². The monoisotopic (exact) mass is 436 g/mol. The van der Waals surface area contributed by atoms with Gasteiger partial charge < -0.3 is 16.0 Å².